The Morgan fingerprint density at radius 2 is 2.35 bits per heavy atom. The number of hydrogen-bond donors (Lipinski definition) is 2. The average Bonchev–Trinajstić information content (AvgIpc) is 2.74. The number of methoxy groups -OCH3 is 1. The van der Waals surface area contributed by atoms with E-state index in [1.165, 1.54) is 7.11 Å². The van der Waals surface area contributed by atoms with Crippen LogP contribution in [0.5, 0.6) is 5.75 Å². The van der Waals surface area contributed by atoms with E-state index in [0.717, 1.165) is 0 Å². The van der Waals surface area contributed by atoms with Crippen LogP contribution in [0.3, 0.4) is 0 Å². The zero-order chi connectivity index (χ0) is 12.4. The second-order valence-corrected chi connectivity index (χ2v) is 4.12. The number of carbonyl (C=O) groups excluding carboxylic acids is 1. The number of aliphatic hydroxyl groups excluding tert-OH is 1. The number of benzene rings is 1. The summed E-state index contributed by atoms with van der Waals surface area (Å²) in [6.45, 7) is 0.911. The van der Waals surface area contributed by atoms with Crippen LogP contribution >= 0.6 is 0 Å². The van der Waals surface area contributed by atoms with Gasteiger partial charge >= 0.3 is 0 Å². The molecule has 0 spiro atoms. The van der Waals surface area contributed by atoms with Crippen molar-refractivity contribution in [2.24, 2.45) is 0 Å². The van der Waals surface area contributed by atoms with Crippen molar-refractivity contribution < 1.29 is 14.6 Å². The summed E-state index contributed by atoms with van der Waals surface area (Å²) >= 11 is 0. The quantitative estimate of drug-likeness (QED) is 0.732. The monoisotopic (exact) mass is 236 g/mol. The minimum atomic E-state index is -0.435. The molecule has 92 valence electrons. The Morgan fingerprint density at radius 1 is 1.59 bits per heavy atom. The van der Waals surface area contributed by atoms with Crippen LogP contribution in [0.4, 0.5) is 5.69 Å². The number of aliphatic hydroxyl groups is 1. The maximum Gasteiger partial charge on any atom is 0.259 e. The summed E-state index contributed by atoms with van der Waals surface area (Å²) in [5.41, 5.74) is 6.59. The summed E-state index contributed by atoms with van der Waals surface area (Å²) in [5.74, 6) is 0.285. The van der Waals surface area contributed by atoms with E-state index in [0.29, 0.717) is 36.5 Å². The van der Waals surface area contributed by atoms with Crippen molar-refractivity contribution in [1.82, 2.24) is 4.90 Å². The Hall–Kier alpha value is -1.75. The number of ether oxygens (including phenoxy) is 1. The third-order valence-electron chi connectivity index (χ3n) is 2.94. The van der Waals surface area contributed by atoms with E-state index in [2.05, 4.69) is 0 Å². The Morgan fingerprint density at radius 3 is 2.94 bits per heavy atom. The molecule has 0 aromatic heterocycles. The van der Waals surface area contributed by atoms with Gasteiger partial charge in [0.25, 0.3) is 5.91 Å². The van der Waals surface area contributed by atoms with Crippen molar-refractivity contribution in [3.8, 4) is 5.75 Å². The van der Waals surface area contributed by atoms with E-state index < -0.39 is 6.10 Å². The molecule has 0 bridgehead atoms. The third-order valence-corrected chi connectivity index (χ3v) is 2.94. The van der Waals surface area contributed by atoms with Crippen molar-refractivity contribution in [2.75, 3.05) is 25.9 Å². The van der Waals surface area contributed by atoms with Crippen molar-refractivity contribution >= 4 is 11.6 Å². The van der Waals surface area contributed by atoms with Crippen LogP contribution in [0, 0.1) is 0 Å². The van der Waals surface area contributed by atoms with Crippen LogP contribution in [0.2, 0.25) is 0 Å². The van der Waals surface area contributed by atoms with E-state index in [4.69, 9.17) is 10.5 Å². The van der Waals surface area contributed by atoms with Gasteiger partial charge in [0.1, 0.15) is 11.3 Å². The van der Waals surface area contributed by atoms with Crippen LogP contribution in [0.1, 0.15) is 16.8 Å². The number of nitrogens with two attached hydrogens (primary N) is 1. The fraction of sp³-hybridized carbons (Fsp3) is 0.417. The number of rotatable bonds is 2. The molecule has 1 saturated heterocycles. The molecule has 1 aromatic rings. The molecule has 5 heteroatoms. The van der Waals surface area contributed by atoms with Gasteiger partial charge in [-0.3, -0.25) is 4.79 Å². The summed E-state index contributed by atoms with van der Waals surface area (Å²) in [6.07, 6.45) is 0.177. The van der Waals surface area contributed by atoms with E-state index >= 15 is 0 Å². The Labute approximate surface area is 99.8 Å². The number of likely N-dealkylation sites (tertiary alicyclic amines) is 1. The number of hydrogen-bond acceptors (Lipinski definition) is 4. The molecule has 17 heavy (non-hydrogen) atoms. The minimum Gasteiger partial charge on any atom is -0.496 e. The maximum atomic E-state index is 12.2. The number of nitrogens with zero attached hydrogens (tertiary/aromatic N) is 1. The van der Waals surface area contributed by atoms with E-state index in [1.54, 1.807) is 23.1 Å². The Bertz CT molecular complexity index is 434. The van der Waals surface area contributed by atoms with Gasteiger partial charge in [0.15, 0.2) is 0 Å². The molecule has 1 heterocycles. The lowest BCUT2D eigenvalue weighted by Crippen LogP contribution is -2.30. The van der Waals surface area contributed by atoms with Gasteiger partial charge in [-0.15, -0.1) is 0 Å². The predicted molar refractivity (Wildman–Crippen MR) is 63.9 cm³/mol. The molecule has 1 aliphatic heterocycles. The average molecular weight is 236 g/mol. The topological polar surface area (TPSA) is 75.8 Å². The van der Waals surface area contributed by atoms with Crippen LogP contribution in [0.15, 0.2) is 18.2 Å². The van der Waals surface area contributed by atoms with E-state index in [-0.39, 0.29) is 5.91 Å². The van der Waals surface area contributed by atoms with Gasteiger partial charge in [-0.1, -0.05) is 6.07 Å². The SMILES string of the molecule is COc1cccc(N)c1C(=O)N1CCC(O)C1. The highest BCUT2D eigenvalue weighted by atomic mass is 16.5. The van der Waals surface area contributed by atoms with Crippen LogP contribution < -0.4 is 10.5 Å². The minimum absolute atomic E-state index is 0.184. The number of β-amino-alcohol motifs (C(OH)–C–C–N with tert-alkyl or cyclic N) is 1. The summed E-state index contributed by atoms with van der Waals surface area (Å²) in [4.78, 5) is 13.8. The van der Waals surface area contributed by atoms with Gasteiger partial charge in [-0.25, -0.2) is 0 Å². The van der Waals surface area contributed by atoms with Gasteiger partial charge in [0, 0.05) is 18.8 Å². The fourth-order valence-electron chi connectivity index (χ4n) is 2.03. The Balaban J connectivity index is 2.30. The first-order valence-electron chi connectivity index (χ1n) is 5.53. The van der Waals surface area contributed by atoms with Crippen LogP contribution in [-0.2, 0) is 0 Å². The second-order valence-electron chi connectivity index (χ2n) is 4.12. The molecule has 0 saturated carbocycles. The first-order chi connectivity index (χ1) is 8.13. The lowest BCUT2D eigenvalue weighted by atomic mass is 10.1. The first kappa shape index (κ1) is 11.7. The van der Waals surface area contributed by atoms with Crippen LogP contribution in [0.25, 0.3) is 0 Å². The lowest BCUT2D eigenvalue weighted by molar-refractivity contribution is 0.0762. The van der Waals surface area contributed by atoms with Crippen molar-refractivity contribution in [2.45, 2.75) is 12.5 Å². The highest BCUT2D eigenvalue weighted by Gasteiger charge is 2.28. The van der Waals surface area contributed by atoms with Crippen molar-refractivity contribution in [3.05, 3.63) is 23.8 Å². The summed E-state index contributed by atoms with van der Waals surface area (Å²) < 4.78 is 5.14. The smallest absolute Gasteiger partial charge is 0.259 e. The molecule has 1 fully saturated rings. The van der Waals surface area contributed by atoms with Gasteiger partial charge in [0.2, 0.25) is 0 Å². The molecule has 1 amide bonds. The molecule has 1 unspecified atom stereocenters. The lowest BCUT2D eigenvalue weighted by Gasteiger charge is -2.18. The van der Waals surface area contributed by atoms with Crippen molar-refractivity contribution in [1.29, 1.82) is 0 Å². The number of amides is 1. The summed E-state index contributed by atoms with van der Waals surface area (Å²) in [5, 5.41) is 9.43. The maximum absolute atomic E-state index is 12.2. The molecule has 1 aromatic carbocycles. The molecular formula is C12H16N2O3. The van der Waals surface area contributed by atoms with Gasteiger partial charge < -0.3 is 20.5 Å². The normalized spacial score (nSPS) is 19.4. The third kappa shape index (κ3) is 2.19. The largest absolute Gasteiger partial charge is 0.496 e. The van der Waals surface area contributed by atoms with Gasteiger partial charge in [-0.05, 0) is 18.6 Å². The molecule has 0 radical (unpaired) electrons. The van der Waals surface area contributed by atoms with Crippen LogP contribution in [-0.4, -0.2) is 42.2 Å². The standard InChI is InChI=1S/C12H16N2O3/c1-17-10-4-2-3-9(13)11(10)12(16)14-6-5-8(15)7-14/h2-4,8,15H,5-7,13H2,1H3. The molecule has 1 atom stereocenters. The zero-order valence-electron chi connectivity index (χ0n) is 9.72. The number of nitrogen functional groups attached to an aromatic ring is 1. The second kappa shape index (κ2) is 4.63. The molecular weight excluding hydrogens is 220 g/mol. The molecule has 1 aliphatic rings. The van der Waals surface area contributed by atoms with Gasteiger partial charge in [-0.2, -0.15) is 0 Å². The first-order valence-corrected chi connectivity index (χ1v) is 5.53. The number of carbonyl (C=O) groups is 1. The highest BCUT2D eigenvalue weighted by molar-refractivity contribution is 6.02. The molecule has 5 nitrogen and oxygen atoms in total. The molecule has 2 rings (SSSR count). The fourth-order valence-corrected chi connectivity index (χ4v) is 2.03. The molecule has 0 aliphatic carbocycles. The summed E-state index contributed by atoms with van der Waals surface area (Å²) in [6, 6.07) is 5.11. The predicted octanol–water partition coefficient (Wildman–Crippen LogP) is 0.484. The van der Waals surface area contributed by atoms with E-state index in [1.807, 2.05) is 0 Å². The zero-order valence-corrected chi connectivity index (χ0v) is 9.72. The summed E-state index contributed by atoms with van der Waals surface area (Å²) in [7, 11) is 1.50. The number of anilines is 1. The van der Waals surface area contributed by atoms with Gasteiger partial charge in [0.05, 0.1) is 13.2 Å². The van der Waals surface area contributed by atoms with Crippen molar-refractivity contribution in [3.63, 3.8) is 0 Å². The Kier molecular flexibility index (Phi) is 3.19. The molecule has 3 N–H and O–H groups in total. The van der Waals surface area contributed by atoms with E-state index in [9.17, 15) is 9.90 Å². The highest BCUT2D eigenvalue weighted by Crippen LogP contribution is 2.27.